The van der Waals surface area contributed by atoms with E-state index in [0.717, 1.165) is 16.9 Å². The summed E-state index contributed by atoms with van der Waals surface area (Å²) in [6.07, 6.45) is 1.73. The Hall–Kier alpha value is -0.680. The molecule has 0 saturated heterocycles. The van der Waals surface area contributed by atoms with Gasteiger partial charge in [-0.1, -0.05) is 12.2 Å². The van der Waals surface area contributed by atoms with Gasteiger partial charge in [0.15, 0.2) is 0 Å². The monoisotopic (exact) mass is 203 g/mol. The van der Waals surface area contributed by atoms with E-state index in [1.54, 1.807) is 6.08 Å². The average Bonchev–Trinajstić information content (AvgIpc) is 2.52. The predicted molar refractivity (Wildman–Crippen MR) is 53.3 cm³/mol. The molecule has 0 radical (unpaired) electrons. The Morgan fingerprint density at radius 3 is 3.25 bits per heavy atom. The number of rotatable bonds is 3. The average molecular weight is 203 g/mol. The van der Waals surface area contributed by atoms with Gasteiger partial charge in [0, 0.05) is 11.4 Å². The largest absolute Gasteiger partial charge is 0.465 e. The molecule has 1 rings (SSSR count). The van der Waals surface area contributed by atoms with Crippen molar-refractivity contribution in [1.82, 2.24) is 0 Å². The van der Waals surface area contributed by atoms with Gasteiger partial charge in [0.2, 0.25) is 0 Å². The zero-order chi connectivity index (χ0) is 8.97. The quantitative estimate of drug-likeness (QED) is 0.430. The number of ether oxygens (including phenoxy) is 1. The van der Waals surface area contributed by atoms with Crippen molar-refractivity contribution in [2.45, 2.75) is 6.92 Å². The summed E-state index contributed by atoms with van der Waals surface area (Å²) in [5, 5.41) is 1.41. The molecule has 0 saturated carbocycles. The second-order valence-electron chi connectivity index (χ2n) is 2.00. The summed E-state index contributed by atoms with van der Waals surface area (Å²) in [5.41, 5.74) is 6.09. The van der Waals surface area contributed by atoms with Gasteiger partial charge in [-0.2, -0.15) is 0 Å². The van der Waals surface area contributed by atoms with Crippen LogP contribution in [0.25, 0.3) is 0 Å². The molecule has 0 aromatic rings. The van der Waals surface area contributed by atoms with E-state index in [4.69, 9.17) is 14.7 Å². The highest BCUT2D eigenvalue weighted by molar-refractivity contribution is 7.99. The van der Waals surface area contributed by atoms with E-state index < -0.39 is 0 Å². The van der Waals surface area contributed by atoms with E-state index in [2.05, 4.69) is 12.2 Å². The van der Waals surface area contributed by atoms with Crippen LogP contribution in [0.4, 0.5) is 0 Å². The zero-order valence-electron chi connectivity index (χ0n) is 6.57. The molecule has 2 N–H and O–H groups in total. The van der Waals surface area contributed by atoms with Crippen molar-refractivity contribution >= 4 is 29.6 Å². The SMILES string of the molecule is CCOC1=CC(=C(N)C=S)SO1. The van der Waals surface area contributed by atoms with E-state index in [1.807, 2.05) is 6.92 Å². The van der Waals surface area contributed by atoms with Gasteiger partial charge in [-0.15, -0.1) is 0 Å². The van der Waals surface area contributed by atoms with Crippen molar-refractivity contribution in [3.05, 3.63) is 22.6 Å². The molecule has 1 aliphatic heterocycles. The molecular weight excluding hydrogens is 194 g/mol. The summed E-state index contributed by atoms with van der Waals surface area (Å²) in [7, 11) is 0. The van der Waals surface area contributed by atoms with Gasteiger partial charge in [-0.25, -0.2) is 0 Å². The number of hydrogen-bond acceptors (Lipinski definition) is 5. The Morgan fingerprint density at radius 1 is 1.92 bits per heavy atom. The Labute approximate surface area is 80.8 Å². The minimum absolute atomic E-state index is 0.484. The first-order chi connectivity index (χ1) is 5.77. The van der Waals surface area contributed by atoms with Gasteiger partial charge >= 0.3 is 0 Å². The first-order valence-corrected chi connectivity index (χ1v) is 4.63. The van der Waals surface area contributed by atoms with Gasteiger partial charge in [0.1, 0.15) is 0 Å². The number of thiocarbonyl (C=S) groups is 1. The fraction of sp³-hybridized carbons (Fsp3) is 0.286. The molecule has 0 fully saturated rings. The molecule has 5 heteroatoms. The summed E-state index contributed by atoms with van der Waals surface area (Å²) >= 11 is 5.83. The van der Waals surface area contributed by atoms with E-state index in [-0.39, 0.29) is 0 Å². The highest BCUT2D eigenvalue weighted by Crippen LogP contribution is 2.32. The summed E-state index contributed by atoms with van der Waals surface area (Å²) in [5.74, 6) is 0.484. The van der Waals surface area contributed by atoms with E-state index >= 15 is 0 Å². The highest BCUT2D eigenvalue weighted by Gasteiger charge is 2.15. The van der Waals surface area contributed by atoms with Gasteiger partial charge < -0.3 is 14.7 Å². The first-order valence-electron chi connectivity index (χ1n) is 3.42. The maximum Gasteiger partial charge on any atom is 0.293 e. The van der Waals surface area contributed by atoms with Gasteiger partial charge in [-0.3, -0.25) is 0 Å². The Bertz CT molecular complexity index is 248. The molecule has 0 aliphatic carbocycles. The molecule has 0 amide bonds. The Kier molecular flexibility index (Phi) is 3.43. The van der Waals surface area contributed by atoms with Crippen LogP contribution < -0.4 is 5.73 Å². The Balaban J connectivity index is 2.69. The van der Waals surface area contributed by atoms with Crippen LogP contribution in [0.1, 0.15) is 6.92 Å². The predicted octanol–water partition coefficient (Wildman–Crippen LogP) is 1.71. The normalized spacial score (nSPS) is 19.6. The Morgan fingerprint density at radius 2 is 2.67 bits per heavy atom. The highest BCUT2D eigenvalue weighted by atomic mass is 32.2. The molecule has 0 atom stereocenters. The molecule has 12 heavy (non-hydrogen) atoms. The molecule has 0 spiro atoms. The summed E-state index contributed by atoms with van der Waals surface area (Å²) < 4.78 is 10.2. The van der Waals surface area contributed by atoms with E-state index in [9.17, 15) is 0 Å². The zero-order valence-corrected chi connectivity index (χ0v) is 8.21. The van der Waals surface area contributed by atoms with E-state index in [0.29, 0.717) is 18.2 Å². The second-order valence-corrected chi connectivity index (χ2v) is 3.01. The molecular formula is C7H9NO2S2. The van der Waals surface area contributed by atoms with Crippen LogP contribution in [0.5, 0.6) is 0 Å². The van der Waals surface area contributed by atoms with Crippen LogP contribution in [0.2, 0.25) is 0 Å². The van der Waals surface area contributed by atoms with Gasteiger partial charge in [0.25, 0.3) is 5.95 Å². The molecule has 0 unspecified atom stereocenters. The third kappa shape index (κ3) is 2.15. The maximum absolute atomic E-state index is 5.56. The molecule has 0 aromatic carbocycles. The molecule has 3 nitrogen and oxygen atoms in total. The summed E-state index contributed by atoms with van der Waals surface area (Å²) in [4.78, 5) is 0.799. The minimum Gasteiger partial charge on any atom is -0.465 e. The van der Waals surface area contributed by atoms with Crippen LogP contribution in [-0.4, -0.2) is 12.0 Å². The van der Waals surface area contributed by atoms with Gasteiger partial charge in [0.05, 0.1) is 29.3 Å². The molecule has 1 heterocycles. The fourth-order valence-electron chi connectivity index (χ4n) is 0.639. The summed E-state index contributed by atoms with van der Waals surface area (Å²) in [6, 6.07) is 0. The second kappa shape index (κ2) is 4.37. The topological polar surface area (TPSA) is 44.5 Å². The van der Waals surface area contributed by atoms with Crippen molar-refractivity contribution in [3.8, 4) is 0 Å². The lowest BCUT2D eigenvalue weighted by Gasteiger charge is -1.99. The van der Waals surface area contributed by atoms with Crippen molar-refractivity contribution in [2.75, 3.05) is 6.61 Å². The van der Waals surface area contributed by atoms with Gasteiger partial charge in [-0.05, 0) is 6.92 Å². The third-order valence-electron chi connectivity index (χ3n) is 1.16. The fourth-order valence-corrected chi connectivity index (χ4v) is 1.41. The number of nitrogens with two attached hydrogens (primary N) is 1. The number of hydrogen-bond donors (Lipinski definition) is 1. The van der Waals surface area contributed by atoms with Crippen molar-refractivity contribution in [2.24, 2.45) is 5.73 Å². The lowest BCUT2D eigenvalue weighted by Crippen LogP contribution is -1.98. The smallest absolute Gasteiger partial charge is 0.293 e. The van der Waals surface area contributed by atoms with Crippen LogP contribution in [0, 0.1) is 0 Å². The van der Waals surface area contributed by atoms with Crippen molar-refractivity contribution in [1.29, 1.82) is 0 Å². The van der Waals surface area contributed by atoms with Crippen LogP contribution in [0.15, 0.2) is 22.6 Å². The van der Waals surface area contributed by atoms with Crippen LogP contribution >= 0.6 is 24.3 Å². The van der Waals surface area contributed by atoms with Crippen molar-refractivity contribution in [3.63, 3.8) is 0 Å². The molecule has 66 valence electrons. The first kappa shape index (κ1) is 9.41. The van der Waals surface area contributed by atoms with Crippen molar-refractivity contribution < 1.29 is 8.92 Å². The molecule has 0 aromatic heterocycles. The number of allylic oxidation sites excluding steroid dienone is 2. The lowest BCUT2D eigenvalue weighted by atomic mass is 10.4. The third-order valence-corrected chi connectivity index (χ3v) is 2.20. The molecule has 0 bridgehead atoms. The maximum atomic E-state index is 5.56. The summed E-state index contributed by atoms with van der Waals surface area (Å²) in [6.45, 7) is 2.47. The molecule has 1 aliphatic rings. The van der Waals surface area contributed by atoms with Crippen LogP contribution in [0.3, 0.4) is 0 Å². The standard InChI is InChI=1S/C7H9NO2S2/c1-2-9-7-3-6(12-10-7)5(8)4-11/h3-4H,2,8H2,1H3. The lowest BCUT2D eigenvalue weighted by molar-refractivity contribution is 0.134. The minimum atomic E-state index is 0.484. The van der Waals surface area contributed by atoms with E-state index in [1.165, 1.54) is 5.37 Å². The van der Waals surface area contributed by atoms with Crippen LogP contribution in [-0.2, 0) is 8.92 Å².